The maximum Gasteiger partial charge on any atom is 0.242 e. The molecule has 3 rings (SSSR count). The predicted molar refractivity (Wildman–Crippen MR) is 101 cm³/mol. The van der Waals surface area contributed by atoms with Crippen LogP contribution in [0.5, 0.6) is 0 Å². The number of hydrogen-bond donors (Lipinski definition) is 2. The van der Waals surface area contributed by atoms with E-state index >= 15 is 0 Å². The predicted octanol–water partition coefficient (Wildman–Crippen LogP) is 1.59. The Hall–Kier alpha value is -2.35. The topological polar surface area (TPSA) is 93.1 Å². The summed E-state index contributed by atoms with van der Waals surface area (Å²) in [5.74, 6) is -0.0459. The van der Waals surface area contributed by atoms with Gasteiger partial charge in [0.15, 0.2) is 9.84 Å². The average molecular weight is 376 g/mol. The molecule has 1 amide bonds. The smallest absolute Gasteiger partial charge is 0.242 e. The fourth-order valence-corrected chi connectivity index (χ4v) is 4.86. The number of aryl methyl sites for hydroxylation is 1. The van der Waals surface area contributed by atoms with E-state index in [1.807, 2.05) is 48.9 Å². The molecule has 7 nitrogen and oxygen atoms in total. The van der Waals surface area contributed by atoms with E-state index in [0.717, 1.165) is 22.8 Å². The third-order valence-electron chi connectivity index (χ3n) is 4.63. The summed E-state index contributed by atoms with van der Waals surface area (Å²) in [7, 11) is -3.01. The van der Waals surface area contributed by atoms with Crippen LogP contribution in [0.15, 0.2) is 30.3 Å². The number of anilines is 1. The molecule has 0 radical (unpaired) electrons. The van der Waals surface area contributed by atoms with E-state index in [1.165, 1.54) is 0 Å². The molecule has 0 saturated carbocycles. The van der Waals surface area contributed by atoms with Crippen LogP contribution in [0, 0.1) is 13.8 Å². The summed E-state index contributed by atoms with van der Waals surface area (Å²) in [6.45, 7) is 5.60. The quantitative estimate of drug-likeness (QED) is 0.827. The largest absolute Gasteiger partial charge is 0.371 e. The summed E-state index contributed by atoms with van der Waals surface area (Å²) in [5, 5.41) is 10.6. The van der Waals surface area contributed by atoms with Gasteiger partial charge in [-0.2, -0.15) is 5.10 Å². The van der Waals surface area contributed by atoms with Crippen molar-refractivity contribution < 1.29 is 13.2 Å². The summed E-state index contributed by atoms with van der Waals surface area (Å²) < 4.78 is 24.9. The van der Waals surface area contributed by atoms with Gasteiger partial charge >= 0.3 is 0 Å². The number of nitrogens with zero attached hydrogens (tertiary/aromatic N) is 2. The van der Waals surface area contributed by atoms with Crippen LogP contribution in [0.2, 0.25) is 0 Å². The lowest BCUT2D eigenvalue weighted by Crippen LogP contribution is -2.43. The number of amides is 1. The SMILES string of the molecule is Cc1nn(-c2ccccc2)c(C)c1N[C@@H](C)C(=O)N[C@H]1CCS(=O)(=O)C1. The third kappa shape index (κ3) is 3.90. The first-order chi connectivity index (χ1) is 12.3. The van der Waals surface area contributed by atoms with Gasteiger partial charge in [0.05, 0.1) is 34.3 Å². The molecule has 2 aromatic rings. The second-order valence-corrected chi connectivity index (χ2v) is 9.00. The highest BCUT2D eigenvalue weighted by molar-refractivity contribution is 7.91. The number of rotatable bonds is 5. The van der Waals surface area contributed by atoms with Crippen molar-refractivity contribution in [2.75, 3.05) is 16.8 Å². The Balaban J connectivity index is 1.70. The van der Waals surface area contributed by atoms with Crippen molar-refractivity contribution in [2.45, 2.75) is 39.3 Å². The lowest BCUT2D eigenvalue weighted by Gasteiger charge is -2.18. The van der Waals surface area contributed by atoms with E-state index in [9.17, 15) is 13.2 Å². The Kier molecular flexibility index (Phi) is 5.04. The zero-order chi connectivity index (χ0) is 18.9. The van der Waals surface area contributed by atoms with Gasteiger partial charge in [-0.25, -0.2) is 13.1 Å². The Labute approximate surface area is 153 Å². The average Bonchev–Trinajstić information content (AvgIpc) is 3.08. The number of nitrogens with one attached hydrogen (secondary N) is 2. The molecule has 0 bridgehead atoms. The van der Waals surface area contributed by atoms with E-state index < -0.39 is 15.9 Å². The fraction of sp³-hybridized carbons (Fsp3) is 0.444. The Morgan fingerprint density at radius 2 is 1.96 bits per heavy atom. The van der Waals surface area contributed by atoms with Gasteiger partial charge < -0.3 is 10.6 Å². The molecule has 1 aliphatic rings. The van der Waals surface area contributed by atoms with Crippen molar-refractivity contribution in [1.29, 1.82) is 0 Å². The van der Waals surface area contributed by atoms with E-state index in [0.29, 0.717) is 6.42 Å². The first-order valence-electron chi connectivity index (χ1n) is 8.66. The maximum atomic E-state index is 12.4. The molecule has 1 fully saturated rings. The van der Waals surface area contributed by atoms with Crippen LogP contribution in [-0.4, -0.2) is 47.7 Å². The zero-order valence-corrected chi connectivity index (χ0v) is 16.0. The van der Waals surface area contributed by atoms with Gasteiger partial charge in [-0.15, -0.1) is 0 Å². The van der Waals surface area contributed by atoms with Crippen LogP contribution in [0.25, 0.3) is 5.69 Å². The van der Waals surface area contributed by atoms with Crippen LogP contribution in [0.4, 0.5) is 5.69 Å². The summed E-state index contributed by atoms with van der Waals surface area (Å²) in [4.78, 5) is 12.4. The van der Waals surface area contributed by atoms with Crippen LogP contribution in [0.1, 0.15) is 24.7 Å². The molecule has 0 aliphatic carbocycles. The Bertz CT molecular complexity index is 906. The van der Waals surface area contributed by atoms with Crippen LogP contribution < -0.4 is 10.6 Å². The number of carbonyl (C=O) groups is 1. The van der Waals surface area contributed by atoms with Crippen molar-refractivity contribution in [2.24, 2.45) is 0 Å². The maximum absolute atomic E-state index is 12.4. The molecular weight excluding hydrogens is 352 g/mol. The highest BCUT2D eigenvalue weighted by Gasteiger charge is 2.30. The number of aromatic nitrogens is 2. The summed E-state index contributed by atoms with van der Waals surface area (Å²) in [5.41, 5.74) is 3.48. The van der Waals surface area contributed by atoms with Crippen molar-refractivity contribution in [1.82, 2.24) is 15.1 Å². The van der Waals surface area contributed by atoms with E-state index in [2.05, 4.69) is 15.7 Å². The number of hydrogen-bond acceptors (Lipinski definition) is 5. The molecule has 0 spiro atoms. The molecular formula is C18H24N4O3S. The monoisotopic (exact) mass is 376 g/mol. The summed E-state index contributed by atoms with van der Waals surface area (Å²) in [6, 6.07) is 8.99. The zero-order valence-electron chi connectivity index (χ0n) is 15.2. The third-order valence-corrected chi connectivity index (χ3v) is 6.39. The molecule has 8 heteroatoms. The molecule has 140 valence electrons. The second kappa shape index (κ2) is 7.11. The molecule has 2 atom stereocenters. The van der Waals surface area contributed by atoms with Crippen molar-refractivity contribution >= 4 is 21.4 Å². The number of carbonyl (C=O) groups excluding carboxylic acids is 1. The lowest BCUT2D eigenvalue weighted by atomic mass is 10.2. The number of para-hydroxylation sites is 1. The van der Waals surface area contributed by atoms with Crippen molar-refractivity contribution in [3.8, 4) is 5.69 Å². The first kappa shape index (κ1) is 18.4. The number of sulfone groups is 1. The van der Waals surface area contributed by atoms with Crippen molar-refractivity contribution in [3.05, 3.63) is 41.7 Å². The van der Waals surface area contributed by atoms with Gasteiger partial charge in [-0.05, 0) is 39.3 Å². The Morgan fingerprint density at radius 1 is 1.27 bits per heavy atom. The van der Waals surface area contributed by atoms with Gasteiger partial charge in [0.25, 0.3) is 0 Å². The van der Waals surface area contributed by atoms with E-state index in [-0.39, 0.29) is 23.5 Å². The highest BCUT2D eigenvalue weighted by atomic mass is 32.2. The minimum Gasteiger partial charge on any atom is -0.371 e. The van der Waals surface area contributed by atoms with E-state index in [4.69, 9.17) is 0 Å². The first-order valence-corrected chi connectivity index (χ1v) is 10.5. The fourth-order valence-electron chi connectivity index (χ4n) is 3.19. The Morgan fingerprint density at radius 3 is 2.58 bits per heavy atom. The molecule has 2 N–H and O–H groups in total. The normalized spacial score (nSPS) is 19.9. The molecule has 1 aromatic carbocycles. The standard InChI is InChI=1S/C18H24N4O3S/c1-12-17(14(3)22(21-12)16-7-5-4-6-8-16)19-13(2)18(23)20-15-9-10-26(24,25)11-15/h4-8,13,15,19H,9-11H2,1-3H3,(H,20,23)/t13-,15-/m0/s1. The van der Waals surface area contributed by atoms with Gasteiger partial charge in [-0.1, -0.05) is 18.2 Å². The van der Waals surface area contributed by atoms with E-state index in [1.54, 1.807) is 6.92 Å². The lowest BCUT2D eigenvalue weighted by molar-refractivity contribution is -0.122. The van der Waals surface area contributed by atoms with Gasteiger partial charge in [0.2, 0.25) is 5.91 Å². The summed E-state index contributed by atoms with van der Waals surface area (Å²) in [6.07, 6.45) is 0.477. The molecule has 1 aliphatic heterocycles. The second-order valence-electron chi connectivity index (χ2n) is 6.77. The van der Waals surface area contributed by atoms with Crippen LogP contribution in [0.3, 0.4) is 0 Å². The van der Waals surface area contributed by atoms with Gasteiger partial charge in [-0.3, -0.25) is 4.79 Å². The van der Waals surface area contributed by atoms with Crippen LogP contribution >= 0.6 is 0 Å². The minimum atomic E-state index is -3.01. The highest BCUT2D eigenvalue weighted by Crippen LogP contribution is 2.23. The van der Waals surface area contributed by atoms with Gasteiger partial charge in [0, 0.05) is 6.04 Å². The van der Waals surface area contributed by atoms with Gasteiger partial charge in [0.1, 0.15) is 6.04 Å². The number of benzene rings is 1. The molecule has 2 heterocycles. The molecule has 1 aromatic heterocycles. The molecule has 1 saturated heterocycles. The molecule has 26 heavy (non-hydrogen) atoms. The van der Waals surface area contributed by atoms with Crippen molar-refractivity contribution in [3.63, 3.8) is 0 Å². The minimum absolute atomic E-state index is 0.0233. The summed E-state index contributed by atoms with van der Waals surface area (Å²) >= 11 is 0. The van der Waals surface area contributed by atoms with Crippen LogP contribution in [-0.2, 0) is 14.6 Å². The molecule has 0 unspecified atom stereocenters.